The summed E-state index contributed by atoms with van der Waals surface area (Å²) >= 11 is 1.46. The van der Waals surface area contributed by atoms with E-state index in [1.165, 1.54) is 37.3 Å². The van der Waals surface area contributed by atoms with Gasteiger partial charge in [0.05, 0.1) is 18.2 Å². The summed E-state index contributed by atoms with van der Waals surface area (Å²) in [5, 5.41) is 1.81. The predicted octanol–water partition coefficient (Wildman–Crippen LogP) is 1.47. The number of ether oxygens (including phenoxy) is 1. The van der Waals surface area contributed by atoms with Crippen LogP contribution in [0.4, 0.5) is 0 Å². The summed E-state index contributed by atoms with van der Waals surface area (Å²) in [6.07, 6.45) is 3.77. The fourth-order valence-electron chi connectivity index (χ4n) is 2.88. The first kappa shape index (κ1) is 14.0. The zero-order chi connectivity index (χ0) is 13.8. The second kappa shape index (κ2) is 6.65. The van der Waals surface area contributed by atoms with Crippen LogP contribution in [0.2, 0.25) is 0 Å². The van der Waals surface area contributed by atoms with E-state index in [2.05, 4.69) is 9.88 Å². The molecule has 2 fully saturated rings. The smallest absolute Gasteiger partial charge is 0.273 e. The molecule has 0 aromatic carbocycles. The van der Waals surface area contributed by atoms with Crippen molar-refractivity contribution in [3.63, 3.8) is 0 Å². The summed E-state index contributed by atoms with van der Waals surface area (Å²) in [6, 6.07) is 0. The van der Waals surface area contributed by atoms with Crippen LogP contribution in [-0.2, 0) is 4.74 Å². The van der Waals surface area contributed by atoms with Crippen LogP contribution in [-0.4, -0.2) is 66.1 Å². The van der Waals surface area contributed by atoms with Gasteiger partial charge in [-0.2, -0.15) is 0 Å². The fourth-order valence-corrected chi connectivity index (χ4v) is 3.41. The summed E-state index contributed by atoms with van der Waals surface area (Å²) in [7, 11) is 0. The highest BCUT2D eigenvalue weighted by Crippen LogP contribution is 2.16. The van der Waals surface area contributed by atoms with Crippen molar-refractivity contribution >= 4 is 17.2 Å². The maximum absolute atomic E-state index is 12.1. The molecule has 6 heteroatoms. The predicted molar refractivity (Wildman–Crippen MR) is 78.0 cm³/mol. The van der Waals surface area contributed by atoms with Gasteiger partial charge in [0.15, 0.2) is 0 Å². The molecule has 0 N–H and O–H groups in total. The standard InChI is InChI=1S/C14H21N3O2S/c18-14(13-10-20-11-15-13)17-6-3-12(9-17)19-8-7-16-4-1-2-5-16/h10-12H,1-9H2. The lowest BCUT2D eigenvalue weighted by Gasteiger charge is -2.18. The zero-order valence-corrected chi connectivity index (χ0v) is 12.5. The molecule has 1 atom stereocenters. The summed E-state index contributed by atoms with van der Waals surface area (Å²) in [5.41, 5.74) is 2.26. The summed E-state index contributed by atoms with van der Waals surface area (Å²) in [4.78, 5) is 20.5. The van der Waals surface area contributed by atoms with Crippen molar-refractivity contribution in [2.24, 2.45) is 0 Å². The first-order valence-corrected chi connectivity index (χ1v) is 8.28. The average molecular weight is 295 g/mol. The Bertz CT molecular complexity index is 432. The summed E-state index contributed by atoms with van der Waals surface area (Å²) < 4.78 is 5.91. The van der Waals surface area contributed by atoms with Crippen LogP contribution >= 0.6 is 11.3 Å². The van der Waals surface area contributed by atoms with Crippen LogP contribution in [0.25, 0.3) is 0 Å². The van der Waals surface area contributed by atoms with E-state index in [0.717, 1.165) is 26.1 Å². The molecule has 110 valence electrons. The number of nitrogens with zero attached hydrogens (tertiary/aromatic N) is 3. The van der Waals surface area contributed by atoms with Gasteiger partial charge in [0, 0.05) is 25.0 Å². The van der Waals surface area contributed by atoms with Gasteiger partial charge >= 0.3 is 0 Å². The van der Waals surface area contributed by atoms with Gasteiger partial charge in [0.25, 0.3) is 5.91 Å². The van der Waals surface area contributed by atoms with Gasteiger partial charge in [-0.05, 0) is 32.4 Å². The SMILES string of the molecule is O=C(c1cscn1)N1CCC(OCCN2CCCC2)C1. The number of amides is 1. The third kappa shape index (κ3) is 3.37. The van der Waals surface area contributed by atoms with Gasteiger partial charge in [-0.3, -0.25) is 4.79 Å². The molecule has 2 aliphatic rings. The Balaban J connectivity index is 1.39. The minimum Gasteiger partial charge on any atom is -0.375 e. The van der Waals surface area contributed by atoms with Crippen LogP contribution in [0.3, 0.4) is 0 Å². The molecule has 0 aliphatic carbocycles. The van der Waals surface area contributed by atoms with Crippen molar-refractivity contribution in [3.8, 4) is 0 Å². The van der Waals surface area contributed by atoms with Gasteiger partial charge < -0.3 is 14.5 Å². The Morgan fingerprint density at radius 3 is 3.00 bits per heavy atom. The van der Waals surface area contributed by atoms with Crippen LogP contribution in [0, 0.1) is 0 Å². The maximum atomic E-state index is 12.1. The van der Waals surface area contributed by atoms with Crippen molar-refractivity contribution in [1.82, 2.24) is 14.8 Å². The number of carbonyl (C=O) groups excluding carboxylic acids is 1. The molecule has 0 saturated carbocycles. The van der Waals surface area contributed by atoms with Crippen molar-refractivity contribution in [3.05, 3.63) is 16.6 Å². The van der Waals surface area contributed by atoms with E-state index >= 15 is 0 Å². The Hall–Kier alpha value is -0.980. The molecule has 1 aromatic rings. The van der Waals surface area contributed by atoms with Gasteiger partial charge in [0.1, 0.15) is 5.69 Å². The molecule has 2 saturated heterocycles. The lowest BCUT2D eigenvalue weighted by atomic mass is 10.3. The van der Waals surface area contributed by atoms with Crippen LogP contribution in [0.5, 0.6) is 0 Å². The lowest BCUT2D eigenvalue weighted by Crippen LogP contribution is -2.31. The molecule has 0 radical (unpaired) electrons. The van der Waals surface area contributed by atoms with Crippen LogP contribution < -0.4 is 0 Å². The largest absolute Gasteiger partial charge is 0.375 e. The minimum absolute atomic E-state index is 0.0388. The highest BCUT2D eigenvalue weighted by molar-refractivity contribution is 7.07. The number of hydrogen-bond donors (Lipinski definition) is 0. The van der Waals surface area contributed by atoms with Crippen LogP contribution in [0.15, 0.2) is 10.9 Å². The van der Waals surface area contributed by atoms with Gasteiger partial charge in [-0.25, -0.2) is 4.98 Å². The summed E-state index contributed by atoms with van der Waals surface area (Å²) in [6.45, 7) is 5.71. The number of likely N-dealkylation sites (tertiary alicyclic amines) is 2. The van der Waals surface area contributed by atoms with E-state index in [9.17, 15) is 4.79 Å². The van der Waals surface area contributed by atoms with Gasteiger partial charge in [-0.1, -0.05) is 0 Å². The quantitative estimate of drug-likeness (QED) is 0.825. The molecule has 0 bridgehead atoms. The molecule has 20 heavy (non-hydrogen) atoms. The Morgan fingerprint density at radius 2 is 2.25 bits per heavy atom. The van der Waals surface area contributed by atoms with E-state index in [4.69, 9.17) is 4.74 Å². The zero-order valence-electron chi connectivity index (χ0n) is 11.7. The molecule has 3 rings (SSSR count). The minimum atomic E-state index is 0.0388. The van der Waals surface area contributed by atoms with Crippen LogP contribution in [0.1, 0.15) is 29.8 Å². The maximum Gasteiger partial charge on any atom is 0.273 e. The molecule has 5 nitrogen and oxygen atoms in total. The third-order valence-electron chi connectivity index (χ3n) is 4.04. The number of aromatic nitrogens is 1. The monoisotopic (exact) mass is 295 g/mol. The third-order valence-corrected chi connectivity index (χ3v) is 4.63. The second-order valence-electron chi connectivity index (χ2n) is 5.46. The van der Waals surface area contributed by atoms with Crippen molar-refractivity contribution in [2.45, 2.75) is 25.4 Å². The number of thiazole rings is 1. The van der Waals surface area contributed by atoms with Gasteiger partial charge in [-0.15, -0.1) is 11.3 Å². The molecule has 2 aliphatic heterocycles. The molecule has 3 heterocycles. The van der Waals surface area contributed by atoms with Gasteiger partial charge in [0.2, 0.25) is 0 Å². The molecule has 1 unspecified atom stereocenters. The molecular formula is C14H21N3O2S. The molecule has 0 spiro atoms. The Kier molecular flexibility index (Phi) is 4.65. The topological polar surface area (TPSA) is 45.7 Å². The highest BCUT2D eigenvalue weighted by atomic mass is 32.1. The first-order valence-electron chi connectivity index (χ1n) is 7.34. The highest BCUT2D eigenvalue weighted by Gasteiger charge is 2.28. The lowest BCUT2D eigenvalue weighted by molar-refractivity contribution is 0.0436. The Morgan fingerprint density at radius 1 is 1.40 bits per heavy atom. The van der Waals surface area contributed by atoms with E-state index in [-0.39, 0.29) is 12.0 Å². The average Bonchev–Trinajstić information content (AvgIpc) is 3.21. The van der Waals surface area contributed by atoms with E-state index in [1.54, 1.807) is 5.51 Å². The number of rotatable bonds is 5. The normalized spacial score (nSPS) is 23.6. The molecule has 1 amide bonds. The fraction of sp³-hybridized carbons (Fsp3) is 0.714. The molecular weight excluding hydrogens is 274 g/mol. The van der Waals surface area contributed by atoms with Crippen molar-refractivity contribution in [2.75, 3.05) is 39.3 Å². The number of carbonyl (C=O) groups is 1. The Labute approximate surface area is 123 Å². The van der Waals surface area contributed by atoms with Crippen molar-refractivity contribution in [1.29, 1.82) is 0 Å². The van der Waals surface area contributed by atoms with E-state index in [1.807, 2.05) is 10.3 Å². The number of hydrogen-bond acceptors (Lipinski definition) is 5. The van der Waals surface area contributed by atoms with Crippen molar-refractivity contribution < 1.29 is 9.53 Å². The first-order chi connectivity index (χ1) is 9.83. The van der Waals surface area contributed by atoms with E-state index in [0.29, 0.717) is 12.2 Å². The van der Waals surface area contributed by atoms with E-state index < -0.39 is 0 Å². The second-order valence-corrected chi connectivity index (χ2v) is 6.17. The molecule has 1 aromatic heterocycles. The summed E-state index contributed by atoms with van der Waals surface area (Å²) in [5.74, 6) is 0.0388.